The van der Waals surface area contributed by atoms with Crippen LogP contribution in [0, 0.1) is 6.92 Å². The Morgan fingerprint density at radius 3 is 2.70 bits per heavy atom. The molecular formula is C19H22N4O2S2. The predicted octanol–water partition coefficient (Wildman–Crippen LogP) is 5.04. The molecule has 0 radical (unpaired) electrons. The van der Waals surface area contributed by atoms with E-state index in [-0.39, 0.29) is 5.91 Å². The number of thiazole rings is 1. The molecule has 0 saturated carbocycles. The molecule has 1 amide bonds. The maximum Gasteiger partial charge on any atom is 0.261 e. The summed E-state index contributed by atoms with van der Waals surface area (Å²) in [6, 6.07) is 7.17. The number of aryl methyl sites for hydroxylation is 1. The van der Waals surface area contributed by atoms with Gasteiger partial charge >= 0.3 is 0 Å². The van der Waals surface area contributed by atoms with Gasteiger partial charge in [-0.2, -0.15) is 0 Å². The minimum absolute atomic E-state index is 0.257. The first-order valence-electron chi connectivity index (χ1n) is 8.88. The second-order valence-electron chi connectivity index (χ2n) is 6.06. The molecule has 142 valence electrons. The average molecular weight is 403 g/mol. The zero-order valence-corrected chi connectivity index (χ0v) is 17.2. The Morgan fingerprint density at radius 2 is 2.00 bits per heavy atom. The Balaban J connectivity index is 1.69. The molecule has 2 heterocycles. The molecule has 0 bridgehead atoms. The molecule has 0 fully saturated rings. The van der Waals surface area contributed by atoms with Crippen LogP contribution in [0.5, 0.6) is 5.75 Å². The number of nitrogens with zero attached hydrogens (tertiary/aromatic N) is 3. The molecule has 2 aromatic heterocycles. The first kappa shape index (κ1) is 19.4. The van der Waals surface area contributed by atoms with E-state index in [1.807, 2.05) is 24.4 Å². The Kier molecular flexibility index (Phi) is 6.52. The lowest BCUT2D eigenvalue weighted by Crippen LogP contribution is -2.13. The molecule has 0 saturated heterocycles. The minimum Gasteiger partial charge on any atom is -0.486 e. The van der Waals surface area contributed by atoms with Crippen LogP contribution >= 0.6 is 22.7 Å². The molecule has 0 spiro atoms. The van der Waals surface area contributed by atoms with Crippen molar-refractivity contribution in [3.63, 3.8) is 0 Å². The van der Waals surface area contributed by atoms with E-state index in [9.17, 15) is 4.79 Å². The van der Waals surface area contributed by atoms with Crippen LogP contribution in [-0.4, -0.2) is 21.1 Å². The van der Waals surface area contributed by atoms with Crippen molar-refractivity contribution >= 4 is 33.7 Å². The number of para-hydroxylation sites is 1. The van der Waals surface area contributed by atoms with Crippen LogP contribution in [0.4, 0.5) is 5.13 Å². The van der Waals surface area contributed by atoms with Crippen LogP contribution in [0.1, 0.15) is 58.7 Å². The van der Waals surface area contributed by atoms with Crippen molar-refractivity contribution in [3.05, 3.63) is 50.9 Å². The van der Waals surface area contributed by atoms with E-state index >= 15 is 0 Å². The van der Waals surface area contributed by atoms with Gasteiger partial charge in [-0.25, -0.2) is 4.98 Å². The summed E-state index contributed by atoms with van der Waals surface area (Å²) in [7, 11) is 0. The second kappa shape index (κ2) is 9.05. The highest BCUT2D eigenvalue weighted by Crippen LogP contribution is 2.29. The lowest BCUT2D eigenvalue weighted by atomic mass is 10.1. The summed E-state index contributed by atoms with van der Waals surface area (Å²) in [5.41, 5.74) is 1.32. The smallest absolute Gasteiger partial charge is 0.261 e. The van der Waals surface area contributed by atoms with Crippen LogP contribution in [0.15, 0.2) is 29.6 Å². The zero-order valence-electron chi connectivity index (χ0n) is 15.6. The molecule has 0 atom stereocenters. The predicted molar refractivity (Wildman–Crippen MR) is 109 cm³/mol. The van der Waals surface area contributed by atoms with Gasteiger partial charge in [-0.1, -0.05) is 37.3 Å². The van der Waals surface area contributed by atoms with Gasteiger partial charge in [0.15, 0.2) is 0 Å². The second-order valence-corrected chi connectivity index (χ2v) is 8.13. The number of carbonyl (C=O) groups is 1. The van der Waals surface area contributed by atoms with Crippen molar-refractivity contribution in [2.24, 2.45) is 0 Å². The van der Waals surface area contributed by atoms with Gasteiger partial charge in [-0.05, 0) is 31.9 Å². The van der Waals surface area contributed by atoms with Crippen molar-refractivity contribution in [1.29, 1.82) is 0 Å². The molecule has 6 nitrogen and oxygen atoms in total. The fourth-order valence-corrected chi connectivity index (χ4v) is 4.26. The summed E-state index contributed by atoms with van der Waals surface area (Å²) in [5.74, 6) is 0.642. The van der Waals surface area contributed by atoms with Gasteiger partial charge in [0.25, 0.3) is 5.91 Å². The van der Waals surface area contributed by atoms with Crippen molar-refractivity contribution < 1.29 is 9.53 Å². The van der Waals surface area contributed by atoms with Gasteiger partial charge in [0.05, 0.1) is 16.3 Å². The summed E-state index contributed by atoms with van der Waals surface area (Å²) in [6.45, 7) is 6.54. The van der Waals surface area contributed by atoms with Crippen molar-refractivity contribution in [3.8, 4) is 5.75 Å². The van der Waals surface area contributed by atoms with Gasteiger partial charge in [-0.3, -0.25) is 10.1 Å². The van der Waals surface area contributed by atoms with Crippen LogP contribution < -0.4 is 10.1 Å². The Morgan fingerprint density at radius 1 is 1.22 bits per heavy atom. The number of rotatable bonds is 8. The number of carbonyl (C=O) groups excluding carboxylic acids is 1. The van der Waals surface area contributed by atoms with Crippen molar-refractivity contribution in [2.45, 2.75) is 46.1 Å². The fourth-order valence-electron chi connectivity index (χ4n) is 2.66. The Bertz CT molecular complexity index is 903. The molecule has 1 aromatic carbocycles. The quantitative estimate of drug-likeness (QED) is 0.571. The minimum atomic E-state index is -0.257. The third-order valence-electron chi connectivity index (χ3n) is 4.17. The van der Waals surface area contributed by atoms with E-state index in [4.69, 9.17) is 4.74 Å². The van der Waals surface area contributed by atoms with E-state index in [0.717, 1.165) is 28.6 Å². The van der Waals surface area contributed by atoms with Gasteiger partial charge in [0, 0.05) is 11.3 Å². The molecular weight excluding hydrogens is 380 g/mol. The first-order valence-corrected chi connectivity index (χ1v) is 10.6. The van der Waals surface area contributed by atoms with E-state index in [1.165, 1.54) is 11.3 Å². The molecule has 0 unspecified atom stereocenters. The third kappa shape index (κ3) is 4.90. The average Bonchev–Trinajstić information content (AvgIpc) is 3.30. The highest BCUT2D eigenvalue weighted by atomic mass is 32.1. The van der Waals surface area contributed by atoms with Gasteiger partial charge < -0.3 is 4.74 Å². The summed E-state index contributed by atoms with van der Waals surface area (Å²) in [4.78, 5) is 17.1. The van der Waals surface area contributed by atoms with Gasteiger partial charge in [0.2, 0.25) is 5.13 Å². The van der Waals surface area contributed by atoms with Gasteiger partial charge in [0.1, 0.15) is 17.4 Å². The van der Waals surface area contributed by atoms with Crippen molar-refractivity contribution in [2.75, 3.05) is 5.32 Å². The van der Waals surface area contributed by atoms with Crippen LogP contribution in [0.3, 0.4) is 0 Å². The van der Waals surface area contributed by atoms with E-state index < -0.39 is 0 Å². The molecule has 3 rings (SSSR count). The summed E-state index contributed by atoms with van der Waals surface area (Å²) >= 11 is 3.00. The van der Waals surface area contributed by atoms with E-state index in [2.05, 4.69) is 34.3 Å². The van der Waals surface area contributed by atoms with E-state index in [0.29, 0.717) is 29.0 Å². The SMILES string of the molecule is CCC(CC)c1nnc(NC(=O)c2ccccc2OCc2csc(C)n2)s1. The zero-order chi connectivity index (χ0) is 19.2. The van der Waals surface area contributed by atoms with Crippen LogP contribution in [0.25, 0.3) is 0 Å². The molecule has 0 aliphatic rings. The number of amides is 1. The summed E-state index contributed by atoms with van der Waals surface area (Å²) < 4.78 is 5.82. The van der Waals surface area contributed by atoms with Gasteiger partial charge in [-0.15, -0.1) is 21.5 Å². The highest BCUT2D eigenvalue weighted by Gasteiger charge is 2.17. The van der Waals surface area contributed by atoms with Crippen molar-refractivity contribution in [1.82, 2.24) is 15.2 Å². The summed E-state index contributed by atoms with van der Waals surface area (Å²) in [6.07, 6.45) is 2.01. The number of hydrogen-bond donors (Lipinski definition) is 1. The largest absolute Gasteiger partial charge is 0.486 e. The highest BCUT2D eigenvalue weighted by molar-refractivity contribution is 7.15. The monoisotopic (exact) mass is 402 g/mol. The van der Waals surface area contributed by atoms with Crippen LogP contribution in [-0.2, 0) is 6.61 Å². The lowest BCUT2D eigenvalue weighted by Gasteiger charge is -2.10. The lowest BCUT2D eigenvalue weighted by molar-refractivity contribution is 0.102. The number of ether oxygens (including phenoxy) is 1. The Hall–Kier alpha value is -2.32. The first-order chi connectivity index (χ1) is 13.1. The molecule has 3 aromatic rings. The Labute approximate surface area is 166 Å². The number of aromatic nitrogens is 3. The standard InChI is InChI=1S/C19H22N4O2S2/c1-4-13(5-2)18-22-23-19(27-18)21-17(24)15-8-6-7-9-16(15)25-10-14-11-26-12(3)20-14/h6-9,11,13H,4-5,10H2,1-3H3,(H,21,23,24). The normalized spacial score (nSPS) is 11.0. The number of hydrogen-bond acceptors (Lipinski definition) is 7. The summed E-state index contributed by atoms with van der Waals surface area (Å²) in [5, 5.41) is 15.6. The maximum absolute atomic E-state index is 12.7. The molecule has 0 aliphatic carbocycles. The molecule has 8 heteroatoms. The number of nitrogens with one attached hydrogen (secondary N) is 1. The number of anilines is 1. The molecule has 27 heavy (non-hydrogen) atoms. The molecule has 0 aliphatic heterocycles. The molecule has 1 N–H and O–H groups in total. The topological polar surface area (TPSA) is 77.0 Å². The van der Waals surface area contributed by atoms with Crippen LogP contribution in [0.2, 0.25) is 0 Å². The third-order valence-corrected chi connectivity index (χ3v) is 5.99. The maximum atomic E-state index is 12.7. The number of benzene rings is 1. The van der Waals surface area contributed by atoms with E-state index in [1.54, 1.807) is 23.5 Å². The fraction of sp³-hybridized carbons (Fsp3) is 0.368.